The van der Waals surface area contributed by atoms with Crippen LogP contribution >= 0.6 is 0 Å². The van der Waals surface area contributed by atoms with Gasteiger partial charge in [0.25, 0.3) is 0 Å². The molecule has 6 nitrogen and oxygen atoms in total. The van der Waals surface area contributed by atoms with Crippen LogP contribution in [0.4, 0.5) is 0 Å². The Kier molecular flexibility index (Phi) is 4.57. The predicted molar refractivity (Wildman–Crippen MR) is 58.5 cm³/mol. The van der Waals surface area contributed by atoms with Crippen LogP contribution in [0.1, 0.15) is 0 Å². The third-order valence-corrected chi connectivity index (χ3v) is 2.28. The summed E-state index contributed by atoms with van der Waals surface area (Å²) in [6.07, 6.45) is 1.20. The SMILES string of the molecule is N#CC(C#N)=C/C(C#N)=C(\N)N1CCOCC1. The Hall–Kier alpha value is -2.49. The van der Waals surface area contributed by atoms with Crippen LogP contribution in [0.5, 0.6) is 0 Å². The monoisotopic (exact) mass is 229 g/mol. The van der Waals surface area contributed by atoms with E-state index in [-0.39, 0.29) is 17.0 Å². The van der Waals surface area contributed by atoms with Crippen LogP contribution in [0, 0.1) is 34.0 Å². The van der Waals surface area contributed by atoms with Gasteiger partial charge in [0.1, 0.15) is 29.6 Å². The minimum Gasteiger partial charge on any atom is -0.384 e. The Morgan fingerprint density at radius 2 is 1.71 bits per heavy atom. The summed E-state index contributed by atoms with van der Waals surface area (Å²) in [7, 11) is 0. The Morgan fingerprint density at radius 1 is 1.12 bits per heavy atom. The fourth-order valence-corrected chi connectivity index (χ4v) is 1.37. The summed E-state index contributed by atoms with van der Waals surface area (Å²) < 4.78 is 5.16. The topological polar surface area (TPSA) is 110 Å². The molecule has 86 valence electrons. The highest BCUT2D eigenvalue weighted by molar-refractivity contribution is 5.47. The molecule has 17 heavy (non-hydrogen) atoms. The van der Waals surface area contributed by atoms with E-state index in [2.05, 4.69) is 0 Å². The molecule has 0 radical (unpaired) electrons. The molecule has 1 aliphatic rings. The summed E-state index contributed by atoms with van der Waals surface area (Å²) in [6, 6.07) is 5.27. The average molecular weight is 229 g/mol. The lowest BCUT2D eigenvalue weighted by Gasteiger charge is -2.29. The summed E-state index contributed by atoms with van der Waals surface area (Å²) >= 11 is 0. The molecule has 1 rings (SSSR count). The minimum atomic E-state index is -0.141. The second-order valence-electron chi connectivity index (χ2n) is 3.29. The van der Waals surface area contributed by atoms with E-state index < -0.39 is 0 Å². The minimum absolute atomic E-state index is 0.130. The molecule has 1 heterocycles. The quantitative estimate of drug-likeness (QED) is 0.526. The van der Waals surface area contributed by atoms with Crippen molar-refractivity contribution in [2.45, 2.75) is 0 Å². The molecule has 1 fully saturated rings. The van der Waals surface area contributed by atoms with E-state index in [0.717, 1.165) is 0 Å². The van der Waals surface area contributed by atoms with Crippen molar-refractivity contribution in [3.05, 3.63) is 23.0 Å². The van der Waals surface area contributed by atoms with Crippen molar-refractivity contribution < 1.29 is 4.74 Å². The number of nitrogens with zero attached hydrogens (tertiary/aromatic N) is 4. The van der Waals surface area contributed by atoms with Crippen molar-refractivity contribution >= 4 is 0 Å². The first kappa shape index (κ1) is 12.6. The van der Waals surface area contributed by atoms with E-state index in [4.69, 9.17) is 26.3 Å². The Morgan fingerprint density at radius 3 is 2.18 bits per heavy atom. The molecule has 0 aromatic carbocycles. The van der Waals surface area contributed by atoms with Gasteiger partial charge in [0.15, 0.2) is 0 Å². The predicted octanol–water partition coefficient (Wildman–Crippen LogP) is -0.0140. The van der Waals surface area contributed by atoms with Gasteiger partial charge in [-0.25, -0.2) is 0 Å². The summed E-state index contributed by atoms with van der Waals surface area (Å²) in [5.41, 5.74) is 5.81. The Labute approximate surface area is 99.4 Å². The lowest BCUT2D eigenvalue weighted by Crippen LogP contribution is -2.38. The maximum atomic E-state index is 8.96. The van der Waals surface area contributed by atoms with Gasteiger partial charge >= 0.3 is 0 Å². The number of rotatable bonds is 2. The highest BCUT2D eigenvalue weighted by Crippen LogP contribution is 2.10. The van der Waals surface area contributed by atoms with E-state index >= 15 is 0 Å². The van der Waals surface area contributed by atoms with Crippen LogP contribution in [-0.4, -0.2) is 31.2 Å². The molecule has 0 amide bonds. The van der Waals surface area contributed by atoms with Gasteiger partial charge in [-0.3, -0.25) is 0 Å². The van der Waals surface area contributed by atoms with Crippen LogP contribution in [0.2, 0.25) is 0 Å². The third-order valence-electron chi connectivity index (χ3n) is 2.28. The van der Waals surface area contributed by atoms with Gasteiger partial charge in [-0.1, -0.05) is 0 Å². The third kappa shape index (κ3) is 3.24. The molecule has 0 unspecified atom stereocenters. The zero-order valence-electron chi connectivity index (χ0n) is 9.18. The highest BCUT2D eigenvalue weighted by Gasteiger charge is 2.14. The molecular weight excluding hydrogens is 218 g/mol. The van der Waals surface area contributed by atoms with Crippen molar-refractivity contribution in [3.8, 4) is 18.2 Å². The van der Waals surface area contributed by atoms with Crippen LogP contribution in [0.15, 0.2) is 23.0 Å². The van der Waals surface area contributed by atoms with Crippen molar-refractivity contribution in [2.24, 2.45) is 5.73 Å². The zero-order valence-corrected chi connectivity index (χ0v) is 9.18. The van der Waals surface area contributed by atoms with Gasteiger partial charge in [-0.2, -0.15) is 15.8 Å². The lowest BCUT2D eigenvalue weighted by molar-refractivity contribution is 0.0528. The molecule has 0 aromatic heterocycles. The summed E-state index contributed by atoms with van der Waals surface area (Å²) in [6.45, 7) is 2.29. The first-order valence-electron chi connectivity index (χ1n) is 4.97. The maximum Gasteiger partial charge on any atom is 0.131 e. The average Bonchev–Trinajstić information content (AvgIpc) is 2.40. The first-order chi connectivity index (χ1) is 8.22. The van der Waals surface area contributed by atoms with Crippen molar-refractivity contribution in [2.75, 3.05) is 26.3 Å². The molecule has 0 spiro atoms. The van der Waals surface area contributed by atoms with Gasteiger partial charge in [0.05, 0.1) is 18.8 Å². The number of nitriles is 3. The molecule has 0 atom stereocenters. The first-order valence-corrected chi connectivity index (χ1v) is 4.97. The number of morpholine rings is 1. The van der Waals surface area contributed by atoms with Crippen LogP contribution in [0.25, 0.3) is 0 Å². The van der Waals surface area contributed by atoms with Gasteiger partial charge in [0, 0.05) is 13.1 Å². The van der Waals surface area contributed by atoms with Crippen molar-refractivity contribution in [3.63, 3.8) is 0 Å². The van der Waals surface area contributed by atoms with Crippen LogP contribution < -0.4 is 5.73 Å². The van der Waals surface area contributed by atoms with E-state index in [1.54, 1.807) is 17.0 Å². The van der Waals surface area contributed by atoms with E-state index in [1.807, 2.05) is 6.07 Å². The number of allylic oxidation sites excluding steroid dienone is 3. The molecule has 1 aliphatic heterocycles. The van der Waals surface area contributed by atoms with E-state index in [0.29, 0.717) is 26.3 Å². The Bertz CT molecular complexity index is 450. The second kappa shape index (κ2) is 6.17. The van der Waals surface area contributed by atoms with Crippen molar-refractivity contribution in [1.29, 1.82) is 15.8 Å². The molecule has 0 aliphatic carbocycles. The molecule has 2 N–H and O–H groups in total. The Balaban J connectivity index is 2.99. The summed E-state index contributed by atoms with van der Waals surface area (Å²) in [5, 5.41) is 26.2. The molecule has 6 heteroatoms. The highest BCUT2D eigenvalue weighted by atomic mass is 16.5. The normalized spacial score (nSPS) is 15.9. The van der Waals surface area contributed by atoms with E-state index in [9.17, 15) is 0 Å². The molecule has 1 saturated heterocycles. The van der Waals surface area contributed by atoms with Gasteiger partial charge in [0.2, 0.25) is 0 Å². The maximum absolute atomic E-state index is 8.96. The standard InChI is InChI=1S/C11H11N5O/c12-6-9(7-13)5-10(8-14)11(15)16-1-3-17-4-2-16/h5H,1-4,15H2/b11-10-. The largest absolute Gasteiger partial charge is 0.384 e. The molecule has 0 bridgehead atoms. The lowest BCUT2D eigenvalue weighted by atomic mass is 10.2. The van der Waals surface area contributed by atoms with Crippen LogP contribution in [0.3, 0.4) is 0 Å². The number of nitrogens with two attached hydrogens (primary N) is 1. The number of hydrogen-bond donors (Lipinski definition) is 1. The smallest absolute Gasteiger partial charge is 0.131 e. The van der Waals surface area contributed by atoms with E-state index in [1.165, 1.54) is 6.08 Å². The summed E-state index contributed by atoms with van der Waals surface area (Å²) in [4.78, 5) is 1.80. The van der Waals surface area contributed by atoms with Gasteiger partial charge in [-0.05, 0) is 6.08 Å². The van der Waals surface area contributed by atoms with Crippen molar-refractivity contribution in [1.82, 2.24) is 4.90 Å². The number of hydrogen-bond acceptors (Lipinski definition) is 6. The van der Waals surface area contributed by atoms with Gasteiger partial charge in [-0.15, -0.1) is 0 Å². The molecule has 0 saturated carbocycles. The zero-order chi connectivity index (χ0) is 12.7. The van der Waals surface area contributed by atoms with Crippen LogP contribution in [-0.2, 0) is 4.74 Å². The molecule has 0 aromatic rings. The summed E-state index contributed by atoms with van der Waals surface area (Å²) in [5.74, 6) is 0.277. The fourth-order valence-electron chi connectivity index (χ4n) is 1.37. The molecular formula is C11H11N5O. The van der Waals surface area contributed by atoms with Gasteiger partial charge < -0.3 is 15.4 Å². The number of ether oxygens (including phenoxy) is 1. The second-order valence-corrected chi connectivity index (χ2v) is 3.29. The fraction of sp³-hybridized carbons (Fsp3) is 0.364.